The summed E-state index contributed by atoms with van der Waals surface area (Å²) in [5.74, 6) is -0.873. The van der Waals surface area contributed by atoms with Crippen LogP contribution < -0.4 is 26.6 Å². The van der Waals surface area contributed by atoms with Crippen molar-refractivity contribution in [2.45, 2.75) is 12.5 Å². The lowest BCUT2D eigenvalue weighted by Gasteiger charge is -2.18. The van der Waals surface area contributed by atoms with Crippen LogP contribution in [-0.4, -0.2) is 30.5 Å². The summed E-state index contributed by atoms with van der Waals surface area (Å²) < 4.78 is 5.27. The maximum absolute atomic E-state index is 12.3. The summed E-state index contributed by atoms with van der Waals surface area (Å²) in [6.07, 6.45) is 0.210. The van der Waals surface area contributed by atoms with E-state index in [-0.39, 0.29) is 13.0 Å². The molecule has 0 radical (unpaired) electrons. The number of ether oxygens (including phenoxy) is 1. The highest BCUT2D eigenvalue weighted by Gasteiger charge is 2.20. The lowest BCUT2D eigenvalue weighted by Crippen LogP contribution is -2.54. The molecule has 0 saturated carbocycles. The molecule has 0 unspecified atom stereocenters. The summed E-state index contributed by atoms with van der Waals surface area (Å²) in [5, 5.41) is 2.71. The quantitative estimate of drug-likeness (QED) is 0.529. The highest BCUT2D eigenvalue weighted by Crippen LogP contribution is 2.22. The van der Waals surface area contributed by atoms with E-state index in [1.807, 2.05) is 18.2 Å². The SMILES string of the molecule is NC(=O)N[C@@H](Cc1ccccc1)C(=O)NNC(=O)COc1ccccc1Cl. The second-order valence-electron chi connectivity index (χ2n) is 5.51. The number of halogens is 1. The van der Waals surface area contributed by atoms with E-state index in [9.17, 15) is 14.4 Å². The minimum absolute atomic E-state index is 0.210. The predicted octanol–water partition coefficient (Wildman–Crippen LogP) is 1.15. The van der Waals surface area contributed by atoms with Crippen molar-refractivity contribution in [3.05, 3.63) is 65.2 Å². The van der Waals surface area contributed by atoms with Crippen LogP contribution in [0.25, 0.3) is 0 Å². The van der Waals surface area contributed by atoms with Gasteiger partial charge in [0.2, 0.25) is 0 Å². The van der Waals surface area contributed by atoms with Gasteiger partial charge in [-0.05, 0) is 17.7 Å². The third-order valence-corrected chi connectivity index (χ3v) is 3.75. The van der Waals surface area contributed by atoms with Crippen molar-refractivity contribution in [2.24, 2.45) is 5.73 Å². The fourth-order valence-corrected chi connectivity index (χ4v) is 2.38. The van der Waals surface area contributed by atoms with Gasteiger partial charge in [0.05, 0.1) is 5.02 Å². The first-order valence-electron chi connectivity index (χ1n) is 8.01. The Morgan fingerprint density at radius 2 is 1.67 bits per heavy atom. The van der Waals surface area contributed by atoms with E-state index in [4.69, 9.17) is 22.1 Å². The largest absolute Gasteiger partial charge is 0.482 e. The summed E-state index contributed by atoms with van der Waals surface area (Å²) in [6, 6.07) is 13.9. The van der Waals surface area contributed by atoms with Gasteiger partial charge in [-0.3, -0.25) is 20.4 Å². The van der Waals surface area contributed by atoms with E-state index >= 15 is 0 Å². The Labute approximate surface area is 161 Å². The molecule has 2 rings (SSSR count). The number of hydrazine groups is 1. The molecule has 0 saturated heterocycles. The molecule has 27 heavy (non-hydrogen) atoms. The van der Waals surface area contributed by atoms with Crippen molar-refractivity contribution in [1.29, 1.82) is 0 Å². The monoisotopic (exact) mass is 390 g/mol. The molecule has 2 aromatic rings. The van der Waals surface area contributed by atoms with Gasteiger partial charge in [-0.2, -0.15) is 0 Å². The second-order valence-corrected chi connectivity index (χ2v) is 5.91. The van der Waals surface area contributed by atoms with E-state index in [0.29, 0.717) is 10.8 Å². The van der Waals surface area contributed by atoms with Crippen molar-refractivity contribution in [2.75, 3.05) is 6.61 Å². The first-order valence-corrected chi connectivity index (χ1v) is 8.39. The maximum Gasteiger partial charge on any atom is 0.312 e. The van der Waals surface area contributed by atoms with Gasteiger partial charge in [0.15, 0.2) is 6.61 Å². The minimum atomic E-state index is -0.949. The van der Waals surface area contributed by atoms with E-state index in [1.54, 1.807) is 36.4 Å². The number of nitrogens with two attached hydrogens (primary N) is 1. The molecule has 2 aromatic carbocycles. The van der Waals surface area contributed by atoms with E-state index < -0.39 is 23.9 Å². The third kappa shape index (κ3) is 6.87. The van der Waals surface area contributed by atoms with Gasteiger partial charge in [0, 0.05) is 6.42 Å². The molecule has 0 bridgehead atoms. The normalized spacial score (nSPS) is 11.1. The molecule has 0 heterocycles. The Hall–Kier alpha value is -3.26. The van der Waals surface area contributed by atoms with E-state index in [0.717, 1.165) is 5.56 Å². The van der Waals surface area contributed by atoms with Crippen molar-refractivity contribution < 1.29 is 19.1 Å². The second kappa shape index (κ2) is 10.0. The first-order chi connectivity index (χ1) is 13.0. The Balaban J connectivity index is 1.85. The number of urea groups is 1. The van der Waals surface area contributed by atoms with Gasteiger partial charge >= 0.3 is 6.03 Å². The molecule has 5 N–H and O–H groups in total. The summed E-state index contributed by atoms with van der Waals surface area (Å²) in [5.41, 5.74) is 10.4. The minimum Gasteiger partial charge on any atom is -0.482 e. The Bertz CT molecular complexity index is 801. The zero-order chi connectivity index (χ0) is 19.6. The van der Waals surface area contributed by atoms with Gasteiger partial charge in [0.1, 0.15) is 11.8 Å². The number of hydrogen-bond donors (Lipinski definition) is 4. The Kier molecular flexibility index (Phi) is 7.45. The van der Waals surface area contributed by atoms with Gasteiger partial charge in [0.25, 0.3) is 11.8 Å². The number of primary amides is 1. The lowest BCUT2D eigenvalue weighted by atomic mass is 10.1. The number of hydrogen-bond acceptors (Lipinski definition) is 4. The van der Waals surface area contributed by atoms with Crippen LogP contribution in [-0.2, 0) is 16.0 Å². The molecule has 0 aliphatic heterocycles. The average molecular weight is 391 g/mol. The molecule has 142 valence electrons. The van der Waals surface area contributed by atoms with Crippen LogP contribution in [0, 0.1) is 0 Å². The van der Waals surface area contributed by atoms with Gasteiger partial charge in [-0.15, -0.1) is 0 Å². The fraction of sp³-hybridized carbons (Fsp3) is 0.167. The highest BCUT2D eigenvalue weighted by molar-refractivity contribution is 6.32. The molecular formula is C18H19ClN4O4. The van der Waals surface area contributed by atoms with Crippen LogP contribution in [0.3, 0.4) is 0 Å². The molecule has 1 atom stereocenters. The van der Waals surface area contributed by atoms with Crippen LogP contribution in [0.15, 0.2) is 54.6 Å². The molecule has 4 amide bonds. The molecule has 0 aliphatic carbocycles. The lowest BCUT2D eigenvalue weighted by molar-refractivity contribution is -0.130. The number of benzene rings is 2. The summed E-state index contributed by atoms with van der Waals surface area (Å²) in [7, 11) is 0. The number of para-hydroxylation sites is 1. The smallest absolute Gasteiger partial charge is 0.312 e. The van der Waals surface area contributed by atoms with E-state index in [1.165, 1.54) is 0 Å². The van der Waals surface area contributed by atoms with Crippen LogP contribution >= 0.6 is 11.6 Å². The van der Waals surface area contributed by atoms with Gasteiger partial charge in [-0.25, -0.2) is 4.79 Å². The topological polar surface area (TPSA) is 123 Å². The van der Waals surface area contributed by atoms with Crippen LogP contribution in [0.4, 0.5) is 4.79 Å². The summed E-state index contributed by atoms with van der Waals surface area (Å²) in [4.78, 5) is 35.2. The van der Waals surface area contributed by atoms with Crippen LogP contribution in [0.1, 0.15) is 5.56 Å². The highest BCUT2D eigenvalue weighted by atomic mass is 35.5. The Morgan fingerprint density at radius 1 is 1.00 bits per heavy atom. The molecular weight excluding hydrogens is 372 g/mol. The summed E-state index contributed by atoms with van der Waals surface area (Å²) >= 11 is 5.92. The molecule has 0 fully saturated rings. The standard InChI is InChI=1S/C18H19ClN4O4/c19-13-8-4-5-9-15(13)27-11-16(24)22-23-17(25)14(21-18(20)26)10-12-6-2-1-3-7-12/h1-9,14H,10-11H2,(H,22,24)(H,23,25)(H3,20,21,26)/t14-/m0/s1. The fourth-order valence-electron chi connectivity index (χ4n) is 2.19. The van der Waals surface area contributed by atoms with Gasteiger partial charge < -0.3 is 15.8 Å². The van der Waals surface area contributed by atoms with Crippen molar-refractivity contribution in [3.63, 3.8) is 0 Å². The number of rotatable bonds is 7. The van der Waals surface area contributed by atoms with Crippen molar-refractivity contribution in [3.8, 4) is 5.75 Å². The van der Waals surface area contributed by atoms with Crippen molar-refractivity contribution >= 4 is 29.4 Å². The van der Waals surface area contributed by atoms with Crippen molar-refractivity contribution in [1.82, 2.24) is 16.2 Å². The molecule has 0 spiro atoms. The number of nitrogens with one attached hydrogen (secondary N) is 3. The van der Waals surface area contributed by atoms with Crippen LogP contribution in [0.5, 0.6) is 5.75 Å². The zero-order valence-electron chi connectivity index (χ0n) is 14.3. The first kappa shape index (κ1) is 20.1. The van der Waals surface area contributed by atoms with Gasteiger partial charge in [-0.1, -0.05) is 54.1 Å². The Morgan fingerprint density at radius 3 is 2.33 bits per heavy atom. The molecule has 0 aromatic heterocycles. The predicted molar refractivity (Wildman–Crippen MR) is 99.9 cm³/mol. The third-order valence-electron chi connectivity index (χ3n) is 3.44. The van der Waals surface area contributed by atoms with Crippen LogP contribution in [0.2, 0.25) is 5.02 Å². The molecule has 0 aliphatic rings. The summed E-state index contributed by atoms with van der Waals surface area (Å²) in [6.45, 7) is -0.351. The maximum atomic E-state index is 12.3. The molecule has 8 nitrogen and oxygen atoms in total. The number of carbonyl (C=O) groups is 3. The number of carbonyl (C=O) groups excluding carboxylic acids is 3. The zero-order valence-corrected chi connectivity index (χ0v) is 15.0. The average Bonchev–Trinajstić information content (AvgIpc) is 2.65. The molecule has 9 heteroatoms. The number of amides is 4. The van der Waals surface area contributed by atoms with E-state index in [2.05, 4.69) is 16.2 Å².